The smallest absolute Gasteiger partial charge is 0.130 e. The average Bonchev–Trinajstić information content (AvgIpc) is 2.95. The SMILES string of the molecule is CC(C)(C)c1csc(-c2ccc(C=C(C#N)C#N)cc2)n1. The normalized spacial score (nSPS) is 10.5. The topological polar surface area (TPSA) is 60.5 Å². The van der Waals surface area contributed by atoms with Crippen LogP contribution in [0.1, 0.15) is 32.0 Å². The largest absolute Gasteiger partial charge is 0.241 e. The molecule has 1 heterocycles. The second-order valence-electron chi connectivity index (χ2n) is 5.69. The Morgan fingerprint density at radius 1 is 1.14 bits per heavy atom. The van der Waals surface area contributed by atoms with E-state index in [0.29, 0.717) is 0 Å². The van der Waals surface area contributed by atoms with Gasteiger partial charge in [0.2, 0.25) is 0 Å². The van der Waals surface area contributed by atoms with Crippen molar-refractivity contribution in [2.24, 2.45) is 0 Å². The van der Waals surface area contributed by atoms with Crippen LogP contribution in [-0.2, 0) is 5.41 Å². The highest BCUT2D eigenvalue weighted by Gasteiger charge is 2.17. The summed E-state index contributed by atoms with van der Waals surface area (Å²) in [5.74, 6) is 0. The molecule has 0 saturated heterocycles. The van der Waals surface area contributed by atoms with Gasteiger partial charge in [-0.25, -0.2) is 4.98 Å². The second-order valence-corrected chi connectivity index (χ2v) is 6.55. The number of hydrogen-bond acceptors (Lipinski definition) is 4. The maximum Gasteiger partial charge on any atom is 0.130 e. The highest BCUT2D eigenvalue weighted by molar-refractivity contribution is 7.13. The van der Waals surface area contributed by atoms with Gasteiger partial charge < -0.3 is 0 Å². The molecule has 4 heteroatoms. The highest BCUT2D eigenvalue weighted by atomic mass is 32.1. The molecule has 0 aliphatic heterocycles. The van der Waals surface area contributed by atoms with Crippen LogP contribution in [0.15, 0.2) is 35.2 Å². The molecule has 0 aliphatic carbocycles. The number of aromatic nitrogens is 1. The molecule has 0 amide bonds. The van der Waals surface area contributed by atoms with Crippen LogP contribution in [-0.4, -0.2) is 4.98 Å². The lowest BCUT2D eigenvalue weighted by Crippen LogP contribution is -2.11. The lowest BCUT2D eigenvalue weighted by Gasteiger charge is -2.14. The molecule has 0 aliphatic rings. The first-order valence-corrected chi connectivity index (χ1v) is 7.40. The van der Waals surface area contributed by atoms with E-state index in [2.05, 4.69) is 31.1 Å². The standard InChI is InChI=1S/C17H15N3S/c1-17(2,3)15-11-21-16(20-15)14-6-4-12(5-7-14)8-13(9-18)10-19/h4-8,11H,1-3H3. The summed E-state index contributed by atoms with van der Waals surface area (Å²) >= 11 is 1.63. The Morgan fingerprint density at radius 3 is 2.24 bits per heavy atom. The van der Waals surface area contributed by atoms with Crippen LogP contribution in [0.25, 0.3) is 16.6 Å². The molecular formula is C17H15N3S. The molecule has 0 bridgehead atoms. The summed E-state index contributed by atoms with van der Waals surface area (Å²) in [6.07, 6.45) is 1.58. The van der Waals surface area contributed by atoms with Crippen molar-refractivity contribution in [3.05, 3.63) is 46.5 Å². The van der Waals surface area contributed by atoms with Crippen LogP contribution in [0.3, 0.4) is 0 Å². The van der Waals surface area contributed by atoms with Crippen LogP contribution < -0.4 is 0 Å². The summed E-state index contributed by atoms with van der Waals surface area (Å²) in [6, 6.07) is 11.4. The van der Waals surface area contributed by atoms with Crippen molar-refractivity contribution < 1.29 is 0 Å². The lowest BCUT2D eigenvalue weighted by molar-refractivity contribution is 0.573. The zero-order valence-corrected chi connectivity index (χ0v) is 13.0. The number of nitriles is 2. The molecule has 0 spiro atoms. The Morgan fingerprint density at radius 2 is 1.76 bits per heavy atom. The second kappa shape index (κ2) is 5.91. The van der Waals surface area contributed by atoms with Crippen molar-refractivity contribution in [2.75, 3.05) is 0 Å². The van der Waals surface area contributed by atoms with Crippen molar-refractivity contribution in [1.82, 2.24) is 4.98 Å². The molecule has 0 saturated carbocycles. The van der Waals surface area contributed by atoms with Gasteiger partial charge in [-0.15, -0.1) is 11.3 Å². The summed E-state index contributed by atoms with van der Waals surface area (Å²) < 4.78 is 0. The van der Waals surface area contributed by atoms with Gasteiger partial charge in [-0.1, -0.05) is 45.0 Å². The Balaban J connectivity index is 2.28. The molecule has 0 atom stereocenters. The molecule has 0 radical (unpaired) electrons. The highest BCUT2D eigenvalue weighted by Crippen LogP contribution is 2.29. The predicted molar refractivity (Wildman–Crippen MR) is 85.5 cm³/mol. The Hall–Kier alpha value is -2.43. The van der Waals surface area contributed by atoms with E-state index in [1.807, 2.05) is 36.4 Å². The van der Waals surface area contributed by atoms with Crippen LogP contribution in [0.2, 0.25) is 0 Å². The summed E-state index contributed by atoms with van der Waals surface area (Å²) in [7, 11) is 0. The number of nitrogens with zero attached hydrogens (tertiary/aromatic N) is 3. The Labute approximate surface area is 128 Å². The molecular weight excluding hydrogens is 278 g/mol. The fourth-order valence-electron chi connectivity index (χ4n) is 1.73. The predicted octanol–water partition coefficient (Wildman–Crippen LogP) is 4.54. The maximum atomic E-state index is 8.75. The third-order valence-corrected chi connectivity index (χ3v) is 3.87. The zero-order valence-electron chi connectivity index (χ0n) is 12.2. The van der Waals surface area contributed by atoms with Crippen LogP contribution in [0.4, 0.5) is 0 Å². The monoisotopic (exact) mass is 293 g/mol. The molecule has 1 aromatic heterocycles. The van der Waals surface area contributed by atoms with Crippen molar-refractivity contribution >= 4 is 17.4 Å². The number of allylic oxidation sites excluding steroid dienone is 1. The molecule has 1 aromatic carbocycles. The first kappa shape index (κ1) is 15.0. The van der Waals surface area contributed by atoms with E-state index >= 15 is 0 Å². The molecule has 0 unspecified atom stereocenters. The van der Waals surface area contributed by atoms with E-state index in [-0.39, 0.29) is 11.0 Å². The summed E-state index contributed by atoms with van der Waals surface area (Å²) in [4.78, 5) is 4.67. The quantitative estimate of drug-likeness (QED) is 0.764. The molecule has 0 N–H and O–H groups in total. The van der Waals surface area contributed by atoms with Gasteiger partial charge >= 0.3 is 0 Å². The number of hydrogen-bond donors (Lipinski definition) is 0. The first-order chi connectivity index (χ1) is 9.94. The van der Waals surface area contributed by atoms with E-state index in [4.69, 9.17) is 10.5 Å². The van der Waals surface area contributed by atoms with Crippen molar-refractivity contribution in [3.63, 3.8) is 0 Å². The van der Waals surface area contributed by atoms with Gasteiger partial charge in [-0.05, 0) is 11.6 Å². The van der Waals surface area contributed by atoms with Gasteiger partial charge in [0.25, 0.3) is 0 Å². The average molecular weight is 293 g/mol. The number of thiazole rings is 1. The number of rotatable bonds is 2. The fraction of sp³-hybridized carbons (Fsp3) is 0.235. The van der Waals surface area contributed by atoms with E-state index in [0.717, 1.165) is 21.8 Å². The van der Waals surface area contributed by atoms with Gasteiger partial charge in [-0.2, -0.15) is 10.5 Å². The van der Waals surface area contributed by atoms with Gasteiger partial charge in [0.1, 0.15) is 22.7 Å². The van der Waals surface area contributed by atoms with Crippen LogP contribution >= 0.6 is 11.3 Å². The molecule has 2 rings (SSSR count). The molecule has 21 heavy (non-hydrogen) atoms. The van der Waals surface area contributed by atoms with E-state index in [9.17, 15) is 0 Å². The first-order valence-electron chi connectivity index (χ1n) is 6.52. The number of benzene rings is 1. The van der Waals surface area contributed by atoms with Crippen LogP contribution in [0.5, 0.6) is 0 Å². The third-order valence-electron chi connectivity index (χ3n) is 2.98. The summed E-state index contributed by atoms with van der Waals surface area (Å²) in [5, 5.41) is 20.6. The minimum absolute atomic E-state index is 0.0475. The van der Waals surface area contributed by atoms with E-state index < -0.39 is 0 Å². The maximum absolute atomic E-state index is 8.75. The van der Waals surface area contributed by atoms with Gasteiger partial charge in [0.05, 0.1) is 5.69 Å². The molecule has 104 valence electrons. The summed E-state index contributed by atoms with van der Waals surface area (Å²) in [6.45, 7) is 6.43. The van der Waals surface area contributed by atoms with Crippen molar-refractivity contribution in [1.29, 1.82) is 10.5 Å². The van der Waals surface area contributed by atoms with E-state index in [1.54, 1.807) is 17.4 Å². The third kappa shape index (κ3) is 3.56. The van der Waals surface area contributed by atoms with Gasteiger partial charge in [0, 0.05) is 16.4 Å². The van der Waals surface area contributed by atoms with Crippen LogP contribution in [0, 0.1) is 22.7 Å². The minimum atomic E-state index is 0.0475. The van der Waals surface area contributed by atoms with E-state index in [1.165, 1.54) is 0 Å². The molecule has 0 fully saturated rings. The van der Waals surface area contributed by atoms with Crippen molar-refractivity contribution in [2.45, 2.75) is 26.2 Å². The van der Waals surface area contributed by atoms with Crippen molar-refractivity contribution in [3.8, 4) is 22.7 Å². The summed E-state index contributed by atoms with van der Waals surface area (Å²) in [5.41, 5.74) is 3.12. The lowest BCUT2D eigenvalue weighted by atomic mass is 9.93. The van der Waals surface area contributed by atoms with Gasteiger partial charge in [-0.3, -0.25) is 0 Å². The molecule has 2 aromatic rings. The Bertz CT molecular complexity index is 731. The minimum Gasteiger partial charge on any atom is -0.241 e. The van der Waals surface area contributed by atoms with Gasteiger partial charge in [0.15, 0.2) is 0 Å². The Kier molecular flexibility index (Phi) is 4.21. The zero-order chi connectivity index (χ0) is 15.5. The fourth-order valence-corrected chi connectivity index (χ4v) is 2.78. The molecule has 3 nitrogen and oxygen atoms in total.